The molecular weight excluding hydrogens is 282 g/mol. The Morgan fingerprint density at radius 3 is 2.74 bits per heavy atom. The van der Waals surface area contributed by atoms with Gasteiger partial charge >= 0.3 is 0 Å². The van der Waals surface area contributed by atoms with Gasteiger partial charge in [-0.1, -0.05) is 17.7 Å². The summed E-state index contributed by atoms with van der Waals surface area (Å²) in [6, 6.07) is 6.34. The maximum absolute atomic E-state index is 11.6. The van der Waals surface area contributed by atoms with Crippen molar-refractivity contribution in [1.29, 1.82) is 0 Å². The molecule has 1 heterocycles. The molecule has 5 heteroatoms. The molecule has 0 radical (unpaired) electrons. The molecular formula is C14H18ClNO2S. The van der Waals surface area contributed by atoms with E-state index in [1.807, 2.05) is 19.1 Å². The maximum Gasteiger partial charge on any atom is 0.152 e. The number of rotatable bonds is 2. The maximum atomic E-state index is 11.6. The lowest BCUT2D eigenvalue weighted by Crippen LogP contribution is -2.49. The fourth-order valence-corrected chi connectivity index (χ4v) is 5.60. The first kappa shape index (κ1) is 13.4. The molecule has 0 saturated carbocycles. The largest absolute Gasteiger partial charge is 0.307 e. The topological polar surface area (TPSA) is 46.2 Å². The van der Waals surface area contributed by atoms with E-state index in [4.69, 9.17) is 11.6 Å². The van der Waals surface area contributed by atoms with Crippen molar-refractivity contribution in [1.82, 2.24) is 5.32 Å². The normalized spacial score (nSPS) is 32.4. The molecule has 104 valence electrons. The van der Waals surface area contributed by atoms with Crippen molar-refractivity contribution in [2.24, 2.45) is 0 Å². The summed E-state index contributed by atoms with van der Waals surface area (Å²) >= 11 is 6.01. The molecule has 0 bridgehead atoms. The third kappa shape index (κ3) is 2.81. The molecule has 3 nitrogen and oxygen atoms in total. The van der Waals surface area contributed by atoms with Crippen LogP contribution in [0.4, 0.5) is 0 Å². The molecule has 3 rings (SSSR count). The highest BCUT2D eigenvalue weighted by Gasteiger charge is 2.40. The molecule has 2 aliphatic rings. The average molecular weight is 300 g/mol. The molecule has 0 amide bonds. The highest BCUT2D eigenvalue weighted by atomic mass is 35.5. The van der Waals surface area contributed by atoms with Gasteiger partial charge in [0.25, 0.3) is 0 Å². The van der Waals surface area contributed by atoms with E-state index in [-0.39, 0.29) is 11.3 Å². The molecule has 0 spiro atoms. The number of hydrogen-bond donors (Lipinski definition) is 1. The SMILES string of the molecule is CC1(NC2Cc3ccc(Cl)cc3C2)CCS(=O)(=O)C1. The fraction of sp³-hybridized carbons (Fsp3) is 0.571. The van der Waals surface area contributed by atoms with E-state index in [2.05, 4.69) is 11.4 Å². The molecule has 19 heavy (non-hydrogen) atoms. The predicted octanol–water partition coefficient (Wildman–Crippen LogP) is 1.97. The van der Waals surface area contributed by atoms with Crippen LogP contribution < -0.4 is 5.32 Å². The molecule has 1 N–H and O–H groups in total. The zero-order chi connectivity index (χ0) is 13.7. The molecule has 1 saturated heterocycles. The van der Waals surface area contributed by atoms with Gasteiger partial charge < -0.3 is 5.32 Å². The van der Waals surface area contributed by atoms with E-state index >= 15 is 0 Å². The van der Waals surface area contributed by atoms with Gasteiger partial charge in [-0.2, -0.15) is 0 Å². The first-order valence-corrected chi connectivity index (χ1v) is 8.81. The fourth-order valence-electron chi connectivity index (χ4n) is 3.31. The molecule has 1 aliphatic carbocycles. The standard InChI is InChI=1S/C14H18ClNO2S/c1-14(4-5-19(17,18)9-14)16-13-7-10-2-3-12(15)6-11(10)8-13/h2-3,6,13,16H,4-5,7-9H2,1H3. The van der Waals surface area contributed by atoms with Crippen LogP contribution in [0.1, 0.15) is 24.5 Å². The number of fused-ring (bicyclic) bond motifs is 1. The number of benzene rings is 1. The van der Waals surface area contributed by atoms with Crippen LogP contribution in [0.3, 0.4) is 0 Å². The molecule has 2 unspecified atom stereocenters. The monoisotopic (exact) mass is 299 g/mol. The van der Waals surface area contributed by atoms with Crippen LogP contribution >= 0.6 is 11.6 Å². The Kier molecular flexibility index (Phi) is 3.15. The number of sulfone groups is 1. The van der Waals surface area contributed by atoms with Crippen molar-refractivity contribution < 1.29 is 8.42 Å². The molecule has 1 fully saturated rings. The van der Waals surface area contributed by atoms with E-state index in [1.54, 1.807) is 0 Å². The van der Waals surface area contributed by atoms with Gasteiger partial charge in [0.1, 0.15) is 0 Å². The highest BCUT2D eigenvalue weighted by molar-refractivity contribution is 7.91. The second-order valence-corrected chi connectivity index (χ2v) is 8.69. The Hall–Kier alpha value is -0.580. The van der Waals surface area contributed by atoms with Crippen molar-refractivity contribution in [2.45, 2.75) is 37.8 Å². The number of halogens is 1. The van der Waals surface area contributed by atoms with Gasteiger partial charge in [-0.05, 0) is 49.4 Å². The third-order valence-electron chi connectivity index (χ3n) is 4.16. The minimum absolute atomic E-state index is 0.258. The smallest absolute Gasteiger partial charge is 0.152 e. The van der Waals surface area contributed by atoms with Crippen molar-refractivity contribution in [3.8, 4) is 0 Å². The van der Waals surface area contributed by atoms with Crippen LogP contribution in [0.25, 0.3) is 0 Å². The zero-order valence-electron chi connectivity index (χ0n) is 10.9. The quantitative estimate of drug-likeness (QED) is 0.908. The van der Waals surface area contributed by atoms with E-state index in [0.717, 1.165) is 17.9 Å². The van der Waals surface area contributed by atoms with Crippen LogP contribution in [0.15, 0.2) is 18.2 Å². The van der Waals surface area contributed by atoms with E-state index < -0.39 is 9.84 Å². The van der Waals surface area contributed by atoms with Gasteiger partial charge in [0.2, 0.25) is 0 Å². The molecule has 1 aromatic rings. The molecule has 2 atom stereocenters. The summed E-state index contributed by atoms with van der Waals surface area (Å²) in [7, 11) is -2.85. The zero-order valence-corrected chi connectivity index (χ0v) is 12.5. The van der Waals surface area contributed by atoms with E-state index in [9.17, 15) is 8.42 Å². The van der Waals surface area contributed by atoms with E-state index in [0.29, 0.717) is 18.2 Å². The second-order valence-electron chi connectivity index (χ2n) is 6.07. The average Bonchev–Trinajstić information content (AvgIpc) is 2.78. The summed E-state index contributed by atoms with van der Waals surface area (Å²) < 4.78 is 23.3. The highest BCUT2D eigenvalue weighted by Crippen LogP contribution is 2.29. The van der Waals surface area contributed by atoms with Crippen molar-refractivity contribution in [2.75, 3.05) is 11.5 Å². The lowest BCUT2D eigenvalue weighted by Gasteiger charge is -2.28. The summed E-state index contributed by atoms with van der Waals surface area (Å²) in [6.07, 6.45) is 2.61. The van der Waals surface area contributed by atoms with Crippen LogP contribution in [-0.4, -0.2) is 31.5 Å². The first-order valence-electron chi connectivity index (χ1n) is 6.61. The minimum atomic E-state index is -2.85. The van der Waals surface area contributed by atoms with Gasteiger partial charge in [0, 0.05) is 16.6 Å². The molecule has 0 aromatic heterocycles. The van der Waals surface area contributed by atoms with Gasteiger partial charge in [0.15, 0.2) is 9.84 Å². The number of nitrogens with one attached hydrogen (secondary N) is 1. The molecule has 1 aromatic carbocycles. The van der Waals surface area contributed by atoms with Crippen LogP contribution in [0.2, 0.25) is 5.02 Å². The summed E-state index contributed by atoms with van der Waals surface area (Å²) in [5.74, 6) is 0.565. The summed E-state index contributed by atoms with van der Waals surface area (Å²) in [6.45, 7) is 2.02. The number of hydrogen-bond acceptors (Lipinski definition) is 3. The predicted molar refractivity (Wildman–Crippen MR) is 77.5 cm³/mol. The van der Waals surface area contributed by atoms with Crippen molar-refractivity contribution in [3.63, 3.8) is 0 Å². The summed E-state index contributed by atoms with van der Waals surface area (Å²) in [5, 5.41) is 4.33. The Morgan fingerprint density at radius 2 is 2.05 bits per heavy atom. The Morgan fingerprint density at radius 1 is 1.32 bits per heavy atom. The molecule has 1 aliphatic heterocycles. The van der Waals surface area contributed by atoms with E-state index in [1.165, 1.54) is 11.1 Å². The van der Waals surface area contributed by atoms with Crippen molar-refractivity contribution in [3.05, 3.63) is 34.3 Å². The minimum Gasteiger partial charge on any atom is -0.307 e. The summed E-state index contributed by atoms with van der Waals surface area (Å²) in [5.41, 5.74) is 2.34. The summed E-state index contributed by atoms with van der Waals surface area (Å²) in [4.78, 5) is 0. The lowest BCUT2D eigenvalue weighted by molar-refractivity contribution is 0.344. The van der Waals surface area contributed by atoms with Crippen molar-refractivity contribution >= 4 is 21.4 Å². The first-order chi connectivity index (χ1) is 8.85. The Labute approximate surface area is 119 Å². The Balaban J connectivity index is 1.71. The lowest BCUT2D eigenvalue weighted by atomic mass is 10.00. The van der Waals surface area contributed by atoms with Gasteiger partial charge in [0.05, 0.1) is 11.5 Å². The van der Waals surface area contributed by atoms with Crippen LogP contribution in [-0.2, 0) is 22.7 Å². The third-order valence-corrected chi connectivity index (χ3v) is 6.30. The Bertz CT molecular complexity index is 614. The van der Waals surface area contributed by atoms with Gasteiger partial charge in [-0.3, -0.25) is 0 Å². The van der Waals surface area contributed by atoms with Gasteiger partial charge in [-0.15, -0.1) is 0 Å². The second kappa shape index (κ2) is 4.47. The van der Waals surface area contributed by atoms with Gasteiger partial charge in [-0.25, -0.2) is 8.42 Å². The van der Waals surface area contributed by atoms with Crippen LogP contribution in [0.5, 0.6) is 0 Å². The van der Waals surface area contributed by atoms with Crippen LogP contribution in [0, 0.1) is 0 Å².